The van der Waals surface area contributed by atoms with Crippen LogP contribution in [-0.2, 0) is 18.3 Å². The molecule has 0 bridgehead atoms. The van der Waals surface area contributed by atoms with E-state index in [1.54, 1.807) is 33.2 Å². The third-order valence-corrected chi connectivity index (χ3v) is 4.39. The van der Waals surface area contributed by atoms with Gasteiger partial charge in [-0.2, -0.15) is 19.9 Å². The highest BCUT2D eigenvalue weighted by Crippen LogP contribution is 2.17. The Morgan fingerprint density at radius 2 is 2.14 bits per heavy atom. The second-order valence-electron chi connectivity index (χ2n) is 6.55. The molecule has 4 aromatic rings. The summed E-state index contributed by atoms with van der Waals surface area (Å²) >= 11 is 0. The molecule has 0 fully saturated rings. The molecule has 148 valence electrons. The van der Waals surface area contributed by atoms with Crippen LogP contribution in [0.15, 0.2) is 41.3 Å². The number of carbonyl (C=O) groups excluding carboxylic acids is 1. The number of H-pyrrole nitrogens is 1. The van der Waals surface area contributed by atoms with Crippen LogP contribution in [0.2, 0.25) is 0 Å². The molecule has 0 unspecified atom stereocenters. The van der Waals surface area contributed by atoms with Gasteiger partial charge >= 0.3 is 0 Å². The number of methoxy groups -OCH3 is 1. The average molecular weight is 393 g/mol. The van der Waals surface area contributed by atoms with Gasteiger partial charge in [0.05, 0.1) is 25.4 Å². The minimum absolute atomic E-state index is 0.159. The highest BCUT2D eigenvalue weighted by atomic mass is 16.5. The van der Waals surface area contributed by atoms with Gasteiger partial charge in [-0.3, -0.25) is 19.3 Å². The number of rotatable bonds is 5. The van der Waals surface area contributed by atoms with Crippen LogP contribution in [0.5, 0.6) is 5.75 Å². The lowest BCUT2D eigenvalue weighted by molar-refractivity contribution is -0.115. The maximum atomic E-state index is 12.6. The van der Waals surface area contributed by atoms with Crippen LogP contribution in [0, 0.1) is 6.92 Å². The van der Waals surface area contributed by atoms with Crippen LogP contribution in [0.3, 0.4) is 0 Å². The van der Waals surface area contributed by atoms with E-state index in [1.807, 2.05) is 18.2 Å². The quantitative estimate of drug-likeness (QED) is 0.528. The van der Waals surface area contributed by atoms with Gasteiger partial charge in [0, 0.05) is 13.1 Å². The van der Waals surface area contributed by atoms with Crippen LogP contribution < -0.4 is 15.6 Å². The summed E-state index contributed by atoms with van der Waals surface area (Å²) in [6.07, 6.45) is 1.61. The summed E-state index contributed by atoms with van der Waals surface area (Å²) < 4.78 is 8.09. The van der Waals surface area contributed by atoms with Gasteiger partial charge < -0.3 is 10.1 Å². The Balaban J connectivity index is 1.64. The van der Waals surface area contributed by atoms with E-state index < -0.39 is 0 Å². The summed E-state index contributed by atoms with van der Waals surface area (Å²) in [6.45, 7) is 1.79. The first-order valence-corrected chi connectivity index (χ1v) is 8.86. The van der Waals surface area contributed by atoms with Crippen LogP contribution in [-0.4, -0.2) is 42.5 Å². The molecule has 3 aromatic heterocycles. The number of nitrogens with one attached hydrogen (secondary N) is 2. The standard InChI is InChI=1S/C19H19N7O3/c1-11-7-15(21-16(27)9-12-5-4-6-13(8-12)29-3)26(24-11)19-22-17-14(18(28)23-19)10-20-25(17)2/h4-8,10H,9H2,1-3H3,(H,21,27)(H,22,23,28). The van der Waals surface area contributed by atoms with Crippen molar-refractivity contribution in [3.05, 3.63) is 58.1 Å². The zero-order valence-electron chi connectivity index (χ0n) is 16.1. The van der Waals surface area contributed by atoms with E-state index in [0.29, 0.717) is 28.3 Å². The minimum Gasteiger partial charge on any atom is -0.497 e. The molecule has 0 saturated heterocycles. The number of aryl methyl sites for hydroxylation is 2. The van der Waals surface area contributed by atoms with Gasteiger partial charge in [0.2, 0.25) is 11.9 Å². The van der Waals surface area contributed by atoms with Gasteiger partial charge in [-0.05, 0) is 24.6 Å². The fraction of sp³-hybridized carbons (Fsp3) is 0.211. The smallest absolute Gasteiger partial charge is 0.263 e. The summed E-state index contributed by atoms with van der Waals surface area (Å²) in [7, 11) is 3.27. The number of amides is 1. The number of aromatic nitrogens is 6. The normalized spacial score (nSPS) is 11.0. The van der Waals surface area contributed by atoms with Crippen molar-refractivity contribution in [2.45, 2.75) is 13.3 Å². The molecule has 3 heterocycles. The molecule has 1 amide bonds. The lowest BCUT2D eigenvalue weighted by Gasteiger charge is -2.09. The van der Waals surface area contributed by atoms with Gasteiger partial charge in [0.1, 0.15) is 17.0 Å². The van der Waals surface area contributed by atoms with Crippen molar-refractivity contribution >= 4 is 22.8 Å². The van der Waals surface area contributed by atoms with Gasteiger partial charge in [0.25, 0.3) is 5.56 Å². The van der Waals surface area contributed by atoms with Gasteiger partial charge in [-0.15, -0.1) is 0 Å². The second-order valence-corrected chi connectivity index (χ2v) is 6.55. The number of carbonyl (C=O) groups is 1. The number of aromatic amines is 1. The van der Waals surface area contributed by atoms with Crippen molar-refractivity contribution in [3.63, 3.8) is 0 Å². The topological polar surface area (TPSA) is 120 Å². The Morgan fingerprint density at radius 1 is 1.31 bits per heavy atom. The Labute approximate surface area is 165 Å². The molecule has 0 aliphatic rings. The Kier molecular flexibility index (Phi) is 4.59. The van der Waals surface area contributed by atoms with E-state index >= 15 is 0 Å². The van der Waals surface area contributed by atoms with Crippen molar-refractivity contribution in [1.29, 1.82) is 0 Å². The number of fused-ring (bicyclic) bond motifs is 1. The van der Waals surface area contributed by atoms with E-state index in [4.69, 9.17) is 4.74 Å². The highest BCUT2D eigenvalue weighted by molar-refractivity contribution is 5.91. The Hall–Kier alpha value is -3.95. The third-order valence-electron chi connectivity index (χ3n) is 4.39. The minimum atomic E-state index is -0.333. The first-order valence-electron chi connectivity index (χ1n) is 8.86. The van der Waals surface area contributed by atoms with Crippen LogP contribution in [0.1, 0.15) is 11.3 Å². The SMILES string of the molecule is COc1cccc(CC(=O)Nc2cc(C)nn2-c2nc3c(cnn3C)c(=O)[nH]2)c1. The summed E-state index contributed by atoms with van der Waals surface area (Å²) in [5.41, 5.74) is 1.56. The first kappa shape index (κ1) is 18.4. The molecule has 29 heavy (non-hydrogen) atoms. The average Bonchev–Trinajstić information content (AvgIpc) is 3.24. The van der Waals surface area contributed by atoms with Crippen LogP contribution in [0.4, 0.5) is 5.82 Å². The zero-order valence-corrected chi connectivity index (χ0v) is 16.1. The molecule has 0 atom stereocenters. The monoisotopic (exact) mass is 393 g/mol. The summed E-state index contributed by atoms with van der Waals surface area (Å²) in [6, 6.07) is 9.00. The molecule has 2 N–H and O–H groups in total. The highest BCUT2D eigenvalue weighted by Gasteiger charge is 2.16. The van der Waals surface area contributed by atoms with Crippen molar-refractivity contribution in [2.75, 3.05) is 12.4 Å². The van der Waals surface area contributed by atoms with Crippen LogP contribution in [0.25, 0.3) is 17.0 Å². The molecule has 10 heteroatoms. The van der Waals surface area contributed by atoms with Crippen molar-refractivity contribution < 1.29 is 9.53 Å². The van der Waals surface area contributed by atoms with E-state index in [0.717, 1.165) is 5.56 Å². The van der Waals surface area contributed by atoms with E-state index in [2.05, 4.69) is 25.5 Å². The number of anilines is 1. The molecule has 0 aliphatic heterocycles. The number of hydrogen-bond acceptors (Lipinski definition) is 6. The van der Waals surface area contributed by atoms with Gasteiger partial charge in [-0.1, -0.05) is 12.1 Å². The molecule has 4 rings (SSSR count). The lowest BCUT2D eigenvalue weighted by atomic mass is 10.1. The fourth-order valence-corrected chi connectivity index (χ4v) is 3.03. The molecule has 0 spiro atoms. The maximum absolute atomic E-state index is 12.6. The summed E-state index contributed by atoms with van der Waals surface area (Å²) in [5, 5.41) is 11.6. The second kappa shape index (κ2) is 7.23. The first-order chi connectivity index (χ1) is 13.9. The predicted octanol–water partition coefficient (Wildman–Crippen LogP) is 1.34. The third kappa shape index (κ3) is 3.59. The predicted molar refractivity (Wildman–Crippen MR) is 106 cm³/mol. The molecule has 0 radical (unpaired) electrons. The molecule has 10 nitrogen and oxygen atoms in total. The molecule has 0 aliphatic carbocycles. The lowest BCUT2D eigenvalue weighted by Crippen LogP contribution is -2.20. The van der Waals surface area contributed by atoms with Gasteiger partial charge in [0.15, 0.2) is 5.65 Å². The summed E-state index contributed by atoms with van der Waals surface area (Å²) in [5.74, 6) is 1.04. The molecule has 0 saturated carbocycles. The molecular formula is C19H19N7O3. The largest absolute Gasteiger partial charge is 0.497 e. The van der Waals surface area contributed by atoms with Crippen molar-refractivity contribution in [2.24, 2.45) is 7.05 Å². The fourth-order valence-electron chi connectivity index (χ4n) is 3.03. The van der Waals surface area contributed by atoms with E-state index in [9.17, 15) is 9.59 Å². The Morgan fingerprint density at radius 3 is 2.93 bits per heavy atom. The number of nitrogens with zero attached hydrogens (tertiary/aromatic N) is 5. The number of hydrogen-bond donors (Lipinski definition) is 2. The molecule has 1 aromatic carbocycles. The van der Waals surface area contributed by atoms with Crippen molar-refractivity contribution in [3.8, 4) is 11.7 Å². The zero-order chi connectivity index (χ0) is 20.5. The number of benzene rings is 1. The molecular weight excluding hydrogens is 374 g/mol. The maximum Gasteiger partial charge on any atom is 0.263 e. The summed E-state index contributed by atoms with van der Waals surface area (Å²) in [4.78, 5) is 32.0. The van der Waals surface area contributed by atoms with E-state index in [-0.39, 0.29) is 23.8 Å². The van der Waals surface area contributed by atoms with Gasteiger partial charge in [-0.25, -0.2) is 0 Å². The van der Waals surface area contributed by atoms with Crippen LogP contribution >= 0.6 is 0 Å². The van der Waals surface area contributed by atoms with E-state index in [1.165, 1.54) is 15.6 Å². The van der Waals surface area contributed by atoms with Crippen molar-refractivity contribution in [1.82, 2.24) is 29.5 Å². The number of ether oxygens (including phenoxy) is 1. The Bertz CT molecular complexity index is 1270.